The molecule has 0 radical (unpaired) electrons. The Morgan fingerprint density at radius 1 is 1.38 bits per heavy atom. The highest BCUT2D eigenvalue weighted by atomic mass is 16.2. The van der Waals surface area contributed by atoms with E-state index in [9.17, 15) is 4.79 Å². The summed E-state index contributed by atoms with van der Waals surface area (Å²) in [6, 6.07) is 0.663. The van der Waals surface area contributed by atoms with Crippen LogP contribution in [0.2, 0.25) is 0 Å². The molecule has 0 aromatic carbocycles. The van der Waals surface area contributed by atoms with Gasteiger partial charge >= 0.3 is 6.03 Å². The molecule has 3 rings (SSSR count). The number of carbonyl (C=O) groups is 1. The molecule has 0 saturated carbocycles. The number of piperidine rings is 1. The molecule has 1 aliphatic rings. The number of nitrogens with one attached hydrogen (secondary N) is 1. The number of urea groups is 1. The molecule has 0 unspecified atom stereocenters. The predicted molar refractivity (Wildman–Crippen MR) is 101 cm³/mol. The third-order valence-electron chi connectivity index (χ3n) is 5.14. The van der Waals surface area contributed by atoms with Gasteiger partial charge in [0.25, 0.3) is 0 Å². The number of aryl methyl sites for hydroxylation is 2. The van der Waals surface area contributed by atoms with Crippen molar-refractivity contribution < 1.29 is 4.79 Å². The van der Waals surface area contributed by atoms with Crippen LogP contribution in [0, 0.1) is 6.92 Å². The van der Waals surface area contributed by atoms with Crippen molar-refractivity contribution in [1.29, 1.82) is 0 Å². The Morgan fingerprint density at radius 3 is 2.92 bits per heavy atom. The fourth-order valence-corrected chi connectivity index (χ4v) is 3.53. The van der Waals surface area contributed by atoms with E-state index >= 15 is 0 Å². The van der Waals surface area contributed by atoms with Gasteiger partial charge in [0, 0.05) is 55.9 Å². The van der Waals surface area contributed by atoms with Crippen LogP contribution in [0.4, 0.5) is 4.79 Å². The second-order valence-electron chi connectivity index (χ2n) is 7.38. The number of nitrogens with zero attached hydrogens (tertiary/aromatic N) is 5. The molecule has 2 aromatic heterocycles. The van der Waals surface area contributed by atoms with E-state index in [0.29, 0.717) is 18.6 Å². The number of likely N-dealkylation sites (tertiary alicyclic amines) is 1. The number of hydrogen-bond donors (Lipinski definition) is 1. The van der Waals surface area contributed by atoms with Crippen molar-refractivity contribution in [3.05, 3.63) is 36.2 Å². The lowest BCUT2D eigenvalue weighted by Gasteiger charge is -2.36. The van der Waals surface area contributed by atoms with Crippen LogP contribution < -0.4 is 5.32 Å². The van der Waals surface area contributed by atoms with Crippen LogP contribution in [0.25, 0.3) is 0 Å². The molecule has 7 heteroatoms. The number of carbonyl (C=O) groups excluding carboxylic acids is 1. The second kappa shape index (κ2) is 8.38. The van der Waals surface area contributed by atoms with Crippen LogP contribution >= 0.6 is 0 Å². The van der Waals surface area contributed by atoms with Gasteiger partial charge in [-0.3, -0.25) is 4.68 Å². The zero-order valence-electron chi connectivity index (χ0n) is 16.1. The molecule has 0 bridgehead atoms. The monoisotopic (exact) mass is 358 g/mol. The smallest absolute Gasteiger partial charge is 0.317 e. The third kappa shape index (κ3) is 4.45. The Hall–Kier alpha value is -2.31. The van der Waals surface area contributed by atoms with Gasteiger partial charge in [-0.15, -0.1) is 0 Å². The minimum Gasteiger partial charge on any atom is -0.335 e. The molecule has 3 heterocycles. The summed E-state index contributed by atoms with van der Waals surface area (Å²) in [5.41, 5.74) is 1.04. The third-order valence-corrected chi connectivity index (χ3v) is 5.14. The molecule has 1 fully saturated rings. The Morgan fingerprint density at radius 2 is 2.23 bits per heavy atom. The Bertz CT molecular complexity index is 719. The standard InChI is InChI=1S/C19H30N6O/c1-15(2)25-14-17(13-22-25)12-21-19(26)24-9-5-4-6-18(24)7-10-23-11-8-20-16(23)3/h8,11,13-15,18H,4-7,9-10,12H2,1-3H3,(H,21,26)/t18-/m0/s1. The van der Waals surface area contributed by atoms with Crippen LogP contribution in [0.15, 0.2) is 24.8 Å². The van der Waals surface area contributed by atoms with Gasteiger partial charge in [0.15, 0.2) is 0 Å². The number of imidazole rings is 1. The lowest BCUT2D eigenvalue weighted by molar-refractivity contribution is 0.143. The van der Waals surface area contributed by atoms with Gasteiger partial charge in [0.05, 0.1) is 6.20 Å². The molecule has 1 N–H and O–H groups in total. The molecule has 26 heavy (non-hydrogen) atoms. The van der Waals surface area contributed by atoms with Crippen molar-refractivity contribution in [3.63, 3.8) is 0 Å². The summed E-state index contributed by atoms with van der Waals surface area (Å²) in [5, 5.41) is 7.40. The van der Waals surface area contributed by atoms with Crippen molar-refractivity contribution in [2.75, 3.05) is 6.54 Å². The van der Waals surface area contributed by atoms with Crippen molar-refractivity contribution >= 4 is 6.03 Å². The minimum absolute atomic E-state index is 0.0364. The first-order valence-electron chi connectivity index (χ1n) is 9.60. The molecular formula is C19H30N6O. The number of amides is 2. The SMILES string of the molecule is Cc1nccn1CC[C@@H]1CCCCN1C(=O)NCc1cnn(C(C)C)c1. The lowest BCUT2D eigenvalue weighted by Crippen LogP contribution is -2.48. The average Bonchev–Trinajstić information content (AvgIpc) is 3.27. The van der Waals surface area contributed by atoms with Gasteiger partial charge in [-0.25, -0.2) is 9.78 Å². The van der Waals surface area contributed by atoms with Crippen LogP contribution in [-0.4, -0.2) is 42.8 Å². The number of aromatic nitrogens is 4. The second-order valence-corrected chi connectivity index (χ2v) is 7.38. The van der Waals surface area contributed by atoms with Crippen LogP contribution in [0.5, 0.6) is 0 Å². The number of hydrogen-bond acceptors (Lipinski definition) is 3. The zero-order valence-corrected chi connectivity index (χ0v) is 16.1. The largest absolute Gasteiger partial charge is 0.335 e. The molecule has 0 spiro atoms. The molecule has 0 aliphatic carbocycles. The van der Waals surface area contributed by atoms with E-state index in [0.717, 1.165) is 43.7 Å². The maximum atomic E-state index is 12.7. The lowest BCUT2D eigenvalue weighted by atomic mass is 9.99. The molecule has 7 nitrogen and oxygen atoms in total. The Labute approximate surface area is 155 Å². The number of rotatable bonds is 6. The summed E-state index contributed by atoms with van der Waals surface area (Å²) < 4.78 is 4.07. The van der Waals surface area contributed by atoms with Gasteiger partial charge in [-0.05, 0) is 46.5 Å². The summed E-state index contributed by atoms with van der Waals surface area (Å²) in [5.74, 6) is 1.03. The van der Waals surface area contributed by atoms with Gasteiger partial charge in [-0.2, -0.15) is 5.10 Å². The molecule has 1 saturated heterocycles. The van der Waals surface area contributed by atoms with E-state index in [4.69, 9.17) is 0 Å². The van der Waals surface area contributed by atoms with Gasteiger partial charge in [0.1, 0.15) is 5.82 Å². The van der Waals surface area contributed by atoms with Gasteiger partial charge in [0.2, 0.25) is 0 Å². The topological polar surface area (TPSA) is 68.0 Å². The van der Waals surface area contributed by atoms with Crippen molar-refractivity contribution in [2.45, 2.75) is 71.6 Å². The maximum absolute atomic E-state index is 12.7. The summed E-state index contributed by atoms with van der Waals surface area (Å²) in [7, 11) is 0. The zero-order chi connectivity index (χ0) is 18.5. The Balaban J connectivity index is 1.54. The van der Waals surface area contributed by atoms with Crippen molar-refractivity contribution in [1.82, 2.24) is 29.5 Å². The van der Waals surface area contributed by atoms with Crippen LogP contribution in [0.3, 0.4) is 0 Å². The average molecular weight is 358 g/mol. The summed E-state index contributed by atoms with van der Waals surface area (Å²) in [6.45, 7) is 8.47. The van der Waals surface area contributed by atoms with Gasteiger partial charge < -0.3 is 14.8 Å². The summed E-state index contributed by atoms with van der Waals surface area (Å²) in [6.07, 6.45) is 12.0. The molecule has 2 amide bonds. The highest BCUT2D eigenvalue weighted by Gasteiger charge is 2.26. The fourth-order valence-electron chi connectivity index (χ4n) is 3.53. The highest BCUT2D eigenvalue weighted by Crippen LogP contribution is 2.21. The first-order valence-corrected chi connectivity index (χ1v) is 9.60. The van der Waals surface area contributed by atoms with Gasteiger partial charge in [-0.1, -0.05) is 0 Å². The normalized spacial score (nSPS) is 17.7. The first kappa shape index (κ1) is 18.5. The molecule has 142 valence electrons. The quantitative estimate of drug-likeness (QED) is 0.863. The van der Waals surface area contributed by atoms with E-state index in [1.807, 2.05) is 41.3 Å². The molecule has 1 aliphatic heterocycles. The maximum Gasteiger partial charge on any atom is 0.317 e. The minimum atomic E-state index is 0.0364. The van der Waals surface area contributed by atoms with E-state index in [1.165, 1.54) is 6.42 Å². The molecule has 1 atom stereocenters. The van der Waals surface area contributed by atoms with Crippen LogP contribution in [-0.2, 0) is 13.1 Å². The first-order chi connectivity index (χ1) is 12.5. The Kier molecular flexibility index (Phi) is 5.96. The van der Waals surface area contributed by atoms with E-state index in [-0.39, 0.29) is 6.03 Å². The fraction of sp³-hybridized carbons (Fsp3) is 0.632. The van der Waals surface area contributed by atoms with E-state index < -0.39 is 0 Å². The van der Waals surface area contributed by atoms with Crippen LogP contribution in [0.1, 0.15) is 57.0 Å². The molecular weight excluding hydrogens is 328 g/mol. The molecule has 2 aromatic rings. The summed E-state index contributed by atoms with van der Waals surface area (Å²) >= 11 is 0. The van der Waals surface area contributed by atoms with E-state index in [2.05, 4.69) is 33.8 Å². The van der Waals surface area contributed by atoms with Crippen molar-refractivity contribution in [2.24, 2.45) is 0 Å². The highest BCUT2D eigenvalue weighted by molar-refractivity contribution is 5.74. The van der Waals surface area contributed by atoms with Crippen molar-refractivity contribution in [3.8, 4) is 0 Å². The predicted octanol–water partition coefficient (Wildman–Crippen LogP) is 3.12. The van der Waals surface area contributed by atoms with E-state index in [1.54, 1.807) is 0 Å². The summed E-state index contributed by atoms with van der Waals surface area (Å²) in [4.78, 5) is 19.0.